The fourth-order valence-electron chi connectivity index (χ4n) is 1.05. The lowest BCUT2D eigenvalue weighted by Crippen LogP contribution is -2.27. The standard InChI is InChI=1S/C9H17NO3S/c1-7(6-9(12)13)5-8(11)10-3-4-14-2/h7H,3-6H2,1-2H3,(H,10,11)(H,12,13). The van der Waals surface area contributed by atoms with Crippen molar-refractivity contribution in [2.24, 2.45) is 5.92 Å². The molecule has 0 aromatic carbocycles. The quantitative estimate of drug-likeness (QED) is 0.626. The van der Waals surface area contributed by atoms with Gasteiger partial charge in [0.05, 0.1) is 0 Å². The predicted octanol–water partition coefficient (Wildman–Crippen LogP) is 0.967. The lowest BCUT2D eigenvalue weighted by molar-refractivity contribution is -0.138. The lowest BCUT2D eigenvalue weighted by atomic mass is 10.0. The van der Waals surface area contributed by atoms with Gasteiger partial charge in [-0.05, 0) is 12.2 Å². The van der Waals surface area contributed by atoms with Crippen LogP contribution in [0, 0.1) is 5.92 Å². The van der Waals surface area contributed by atoms with Gasteiger partial charge in [0.25, 0.3) is 0 Å². The first-order valence-corrected chi connectivity index (χ1v) is 5.93. The number of carboxylic acids is 1. The molecule has 0 aromatic rings. The molecular formula is C9H17NO3S. The average molecular weight is 219 g/mol. The van der Waals surface area contributed by atoms with Gasteiger partial charge in [0.15, 0.2) is 0 Å². The van der Waals surface area contributed by atoms with E-state index in [9.17, 15) is 9.59 Å². The van der Waals surface area contributed by atoms with Crippen molar-refractivity contribution in [1.82, 2.24) is 5.32 Å². The average Bonchev–Trinajstić information content (AvgIpc) is 2.02. The molecule has 82 valence electrons. The molecule has 0 aliphatic carbocycles. The zero-order valence-corrected chi connectivity index (χ0v) is 9.39. The summed E-state index contributed by atoms with van der Waals surface area (Å²) >= 11 is 1.66. The molecular weight excluding hydrogens is 202 g/mol. The molecule has 14 heavy (non-hydrogen) atoms. The van der Waals surface area contributed by atoms with E-state index in [1.807, 2.05) is 6.26 Å². The Balaban J connectivity index is 3.55. The topological polar surface area (TPSA) is 66.4 Å². The maximum atomic E-state index is 11.2. The molecule has 1 atom stereocenters. The van der Waals surface area contributed by atoms with Crippen LogP contribution in [-0.2, 0) is 9.59 Å². The molecule has 1 unspecified atom stereocenters. The van der Waals surface area contributed by atoms with Gasteiger partial charge in [-0.15, -0.1) is 0 Å². The van der Waals surface area contributed by atoms with Crippen molar-refractivity contribution in [3.8, 4) is 0 Å². The highest BCUT2D eigenvalue weighted by molar-refractivity contribution is 7.98. The molecule has 0 aromatic heterocycles. The van der Waals surface area contributed by atoms with Crippen molar-refractivity contribution >= 4 is 23.6 Å². The SMILES string of the molecule is CSCCNC(=O)CC(C)CC(=O)O. The van der Waals surface area contributed by atoms with Gasteiger partial charge in [0.2, 0.25) is 5.91 Å². The molecule has 2 N–H and O–H groups in total. The first-order chi connectivity index (χ1) is 6.56. The van der Waals surface area contributed by atoms with Gasteiger partial charge in [-0.3, -0.25) is 9.59 Å². The van der Waals surface area contributed by atoms with Crippen LogP contribution in [0.25, 0.3) is 0 Å². The summed E-state index contributed by atoms with van der Waals surface area (Å²) in [5.74, 6) is -0.122. The normalized spacial score (nSPS) is 12.1. The van der Waals surface area contributed by atoms with E-state index in [4.69, 9.17) is 5.11 Å². The van der Waals surface area contributed by atoms with Crippen LogP contribution in [0.1, 0.15) is 19.8 Å². The van der Waals surface area contributed by atoms with E-state index in [1.165, 1.54) is 0 Å². The van der Waals surface area contributed by atoms with Crippen LogP contribution in [0.4, 0.5) is 0 Å². The molecule has 0 aliphatic rings. The molecule has 0 rings (SSSR count). The summed E-state index contributed by atoms with van der Waals surface area (Å²) in [6.07, 6.45) is 2.32. The maximum absolute atomic E-state index is 11.2. The van der Waals surface area contributed by atoms with Gasteiger partial charge >= 0.3 is 5.97 Å². The zero-order valence-electron chi connectivity index (χ0n) is 8.58. The minimum Gasteiger partial charge on any atom is -0.481 e. The van der Waals surface area contributed by atoms with E-state index in [-0.39, 0.29) is 18.2 Å². The van der Waals surface area contributed by atoms with Crippen LogP contribution >= 0.6 is 11.8 Å². The number of aliphatic carboxylic acids is 1. The molecule has 0 bridgehead atoms. The van der Waals surface area contributed by atoms with Gasteiger partial charge < -0.3 is 10.4 Å². The number of carbonyl (C=O) groups is 2. The van der Waals surface area contributed by atoms with Crippen LogP contribution in [0.15, 0.2) is 0 Å². The molecule has 0 heterocycles. The van der Waals surface area contributed by atoms with E-state index in [2.05, 4.69) is 5.32 Å². The summed E-state index contributed by atoms with van der Waals surface area (Å²) < 4.78 is 0. The van der Waals surface area contributed by atoms with Crippen molar-refractivity contribution in [2.75, 3.05) is 18.6 Å². The number of thioether (sulfide) groups is 1. The largest absolute Gasteiger partial charge is 0.481 e. The van der Waals surface area contributed by atoms with Crippen molar-refractivity contribution in [3.63, 3.8) is 0 Å². The van der Waals surface area contributed by atoms with Gasteiger partial charge in [0, 0.05) is 25.1 Å². The molecule has 5 heteroatoms. The van der Waals surface area contributed by atoms with Gasteiger partial charge in [0.1, 0.15) is 0 Å². The Kier molecular flexibility index (Phi) is 7.28. The third kappa shape index (κ3) is 7.91. The van der Waals surface area contributed by atoms with Gasteiger partial charge in [-0.25, -0.2) is 0 Å². The second-order valence-corrected chi connectivity index (χ2v) is 4.24. The van der Waals surface area contributed by atoms with Gasteiger partial charge in [-0.2, -0.15) is 11.8 Å². The number of hydrogen-bond donors (Lipinski definition) is 2. The van der Waals surface area contributed by atoms with Crippen LogP contribution < -0.4 is 5.32 Å². The van der Waals surface area contributed by atoms with Crippen LogP contribution in [0.3, 0.4) is 0 Å². The fourth-order valence-corrected chi connectivity index (χ4v) is 1.36. The molecule has 1 amide bonds. The zero-order chi connectivity index (χ0) is 11.0. The summed E-state index contributed by atoms with van der Waals surface area (Å²) in [5.41, 5.74) is 0. The van der Waals surface area contributed by atoms with E-state index in [1.54, 1.807) is 18.7 Å². The summed E-state index contributed by atoms with van der Waals surface area (Å²) in [4.78, 5) is 21.5. The highest BCUT2D eigenvalue weighted by atomic mass is 32.2. The Bertz CT molecular complexity index is 196. The second-order valence-electron chi connectivity index (χ2n) is 3.25. The number of hydrogen-bond acceptors (Lipinski definition) is 3. The Morgan fingerprint density at radius 1 is 1.43 bits per heavy atom. The van der Waals surface area contributed by atoms with Crippen molar-refractivity contribution < 1.29 is 14.7 Å². The van der Waals surface area contributed by atoms with Gasteiger partial charge in [-0.1, -0.05) is 6.92 Å². The smallest absolute Gasteiger partial charge is 0.303 e. The molecule has 0 fully saturated rings. The van der Waals surface area contributed by atoms with Crippen molar-refractivity contribution in [2.45, 2.75) is 19.8 Å². The third-order valence-corrected chi connectivity index (χ3v) is 2.30. The predicted molar refractivity (Wildman–Crippen MR) is 57.4 cm³/mol. The summed E-state index contributed by atoms with van der Waals surface area (Å²) in [5, 5.41) is 11.2. The number of carbonyl (C=O) groups excluding carboxylic acids is 1. The number of rotatable bonds is 7. The fraction of sp³-hybridized carbons (Fsp3) is 0.778. The van der Waals surface area contributed by atoms with E-state index in [0.29, 0.717) is 13.0 Å². The molecule has 0 saturated carbocycles. The minimum atomic E-state index is -0.852. The maximum Gasteiger partial charge on any atom is 0.303 e. The first-order valence-electron chi connectivity index (χ1n) is 4.53. The Morgan fingerprint density at radius 2 is 2.07 bits per heavy atom. The third-order valence-electron chi connectivity index (χ3n) is 1.69. The number of amides is 1. The highest BCUT2D eigenvalue weighted by Crippen LogP contribution is 2.06. The first kappa shape index (κ1) is 13.3. The lowest BCUT2D eigenvalue weighted by Gasteiger charge is -2.08. The molecule has 4 nitrogen and oxygen atoms in total. The highest BCUT2D eigenvalue weighted by Gasteiger charge is 2.11. The summed E-state index contributed by atoms with van der Waals surface area (Å²) in [6.45, 7) is 2.42. The molecule has 0 spiro atoms. The van der Waals surface area contributed by atoms with Crippen molar-refractivity contribution in [1.29, 1.82) is 0 Å². The Hall–Kier alpha value is -0.710. The Morgan fingerprint density at radius 3 is 2.57 bits per heavy atom. The van der Waals surface area contributed by atoms with Crippen LogP contribution in [0.2, 0.25) is 0 Å². The molecule has 0 saturated heterocycles. The Labute approximate surface area is 88.4 Å². The molecule has 0 radical (unpaired) electrons. The van der Waals surface area contributed by atoms with E-state index in [0.717, 1.165) is 5.75 Å². The van der Waals surface area contributed by atoms with E-state index >= 15 is 0 Å². The monoisotopic (exact) mass is 219 g/mol. The molecule has 0 aliphatic heterocycles. The minimum absolute atomic E-state index is 0.0515. The van der Waals surface area contributed by atoms with Crippen LogP contribution in [-0.4, -0.2) is 35.5 Å². The number of carboxylic acid groups (broad SMARTS) is 1. The second kappa shape index (κ2) is 7.67. The van der Waals surface area contributed by atoms with E-state index < -0.39 is 5.97 Å². The number of nitrogens with one attached hydrogen (secondary N) is 1. The summed E-state index contributed by atoms with van der Waals surface area (Å²) in [7, 11) is 0. The van der Waals surface area contributed by atoms with Crippen LogP contribution in [0.5, 0.6) is 0 Å². The summed E-state index contributed by atoms with van der Waals surface area (Å²) in [6, 6.07) is 0. The van der Waals surface area contributed by atoms with Crippen molar-refractivity contribution in [3.05, 3.63) is 0 Å².